The molecule has 0 aliphatic rings. The van der Waals surface area contributed by atoms with Crippen LogP contribution < -0.4 is 5.32 Å². The number of rotatable bonds is 4. The summed E-state index contributed by atoms with van der Waals surface area (Å²) in [5.41, 5.74) is 0.679. The number of nitrogens with zero attached hydrogens (tertiary/aromatic N) is 1. The fourth-order valence-electron chi connectivity index (χ4n) is 2.04. The molecule has 3 aromatic rings. The van der Waals surface area contributed by atoms with Crippen LogP contribution in [0.2, 0.25) is 0 Å². The van der Waals surface area contributed by atoms with Crippen LogP contribution in [0.1, 0.15) is 5.76 Å². The zero-order chi connectivity index (χ0) is 17.6. The van der Waals surface area contributed by atoms with E-state index < -0.39 is 17.7 Å². The summed E-state index contributed by atoms with van der Waals surface area (Å²) in [6.07, 6.45) is 0.397. The third-order valence-electron chi connectivity index (χ3n) is 3.16. The van der Waals surface area contributed by atoms with E-state index in [-0.39, 0.29) is 17.1 Å². The second kappa shape index (κ2) is 7.39. The number of halogens is 2. The normalized spacial score (nSPS) is 10.8. The Bertz CT molecular complexity index is 908. The summed E-state index contributed by atoms with van der Waals surface area (Å²) in [5.74, 6) is -0.970. The van der Waals surface area contributed by atoms with E-state index in [2.05, 4.69) is 15.3 Å². The Kier molecular flexibility index (Phi) is 4.84. The van der Waals surface area contributed by atoms with Crippen molar-refractivity contribution in [3.8, 4) is 11.3 Å². The Balaban J connectivity index is 1.61. The molecule has 7 heteroatoms. The number of nitrogens with one attached hydrogen (secondary N) is 1. The number of para-hydroxylation sites is 1. The maximum Gasteiger partial charge on any atom is 0.437 e. The molecule has 2 aromatic carbocycles. The molecule has 0 bridgehead atoms. The monoisotopic (exact) mass is 342 g/mol. The van der Waals surface area contributed by atoms with Crippen LogP contribution in [0.15, 0.2) is 70.2 Å². The van der Waals surface area contributed by atoms with Crippen molar-refractivity contribution in [2.75, 3.05) is 5.32 Å². The molecule has 1 N–H and O–H groups in total. The summed E-state index contributed by atoms with van der Waals surface area (Å²) in [6.45, 7) is 0. The summed E-state index contributed by atoms with van der Waals surface area (Å²) in [5, 5.41) is 5.98. The molecule has 0 atom stereocenters. The summed E-state index contributed by atoms with van der Waals surface area (Å²) >= 11 is 0. The maximum absolute atomic E-state index is 13.7. The summed E-state index contributed by atoms with van der Waals surface area (Å²) in [6, 6.07) is 14.9. The second-order valence-corrected chi connectivity index (χ2v) is 4.93. The van der Waals surface area contributed by atoms with E-state index in [4.69, 9.17) is 4.42 Å². The predicted octanol–water partition coefficient (Wildman–Crippen LogP) is 4.81. The lowest BCUT2D eigenvalue weighted by Gasteiger charge is -2.01. The first-order valence-electron chi connectivity index (χ1n) is 7.23. The Labute approximate surface area is 141 Å². The van der Waals surface area contributed by atoms with Crippen molar-refractivity contribution >= 4 is 18.0 Å². The smallest absolute Gasteiger partial charge is 0.437 e. The van der Waals surface area contributed by atoms with Crippen molar-refractivity contribution in [1.82, 2.24) is 0 Å². The van der Waals surface area contributed by atoms with Gasteiger partial charge in [0.2, 0.25) is 0 Å². The Morgan fingerprint density at radius 1 is 1.08 bits per heavy atom. The van der Waals surface area contributed by atoms with Crippen LogP contribution in [0.3, 0.4) is 0 Å². The highest BCUT2D eigenvalue weighted by atomic mass is 19.1. The lowest BCUT2D eigenvalue weighted by molar-refractivity contribution is 0.167. The topological polar surface area (TPSA) is 63.8 Å². The van der Waals surface area contributed by atoms with Gasteiger partial charge >= 0.3 is 6.09 Å². The zero-order valence-corrected chi connectivity index (χ0v) is 12.8. The van der Waals surface area contributed by atoms with Gasteiger partial charge in [0.05, 0.1) is 5.56 Å². The largest absolute Gasteiger partial charge is 0.455 e. The zero-order valence-electron chi connectivity index (χ0n) is 12.8. The second-order valence-electron chi connectivity index (χ2n) is 4.93. The molecule has 0 spiro atoms. The van der Waals surface area contributed by atoms with E-state index in [9.17, 15) is 13.6 Å². The Hall–Kier alpha value is -3.48. The van der Waals surface area contributed by atoms with Gasteiger partial charge in [-0.25, -0.2) is 13.6 Å². The maximum atomic E-state index is 13.7. The van der Waals surface area contributed by atoms with Gasteiger partial charge in [-0.2, -0.15) is 0 Å². The number of anilines is 1. The van der Waals surface area contributed by atoms with Crippen LogP contribution in [0.4, 0.5) is 19.3 Å². The van der Waals surface area contributed by atoms with Gasteiger partial charge in [0.25, 0.3) is 0 Å². The fraction of sp³-hybridized carbons (Fsp3) is 0. The minimum Gasteiger partial charge on any atom is -0.455 e. The van der Waals surface area contributed by atoms with E-state index in [0.29, 0.717) is 5.69 Å². The molecule has 1 amide bonds. The Morgan fingerprint density at radius 2 is 1.88 bits per heavy atom. The molecule has 0 saturated heterocycles. The third kappa shape index (κ3) is 4.29. The van der Waals surface area contributed by atoms with Crippen molar-refractivity contribution in [3.05, 3.63) is 78.1 Å². The number of oxime groups is 1. The number of hydrogen-bond acceptors (Lipinski definition) is 4. The first-order chi connectivity index (χ1) is 12.1. The number of furan rings is 1. The van der Waals surface area contributed by atoms with Gasteiger partial charge in [-0.15, -0.1) is 0 Å². The van der Waals surface area contributed by atoms with Gasteiger partial charge < -0.3 is 4.42 Å². The molecule has 5 nitrogen and oxygen atoms in total. The highest BCUT2D eigenvalue weighted by molar-refractivity contribution is 5.85. The molecule has 0 aliphatic heterocycles. The summed E-state index contributed by atoms with van der Waals surface area (Å²) in [4.78, 5) is 16.2. The van der Waals surface area contributed by atoms with Gasteiger partial charge in [0.1, 0.15) is 29.4 Å². The summed E-state index contributed by atoms with van der Waals surface area (Å²) in [7, 11) is 0. The molecule has 0 unspecified atom stereocenters. The molecular formula is C18H12F2N2O3. The molecule has 126 valence electrons. The number of hydrogen-bond donors (Lipinski definition) is 1. The van der Waals surface area contributed by atoms with Crippen molar-refractivity contribution < 1.29 is 22.8 Å². The molecule has 1 heterocycles. The van der Waals surface area contributed by atoms with Gasteiger partial charge in [-0.1, -0.05) is 23.4 Å². The first-order valence-corrected chi connectivity index (χ1v) is 7.23. The van der Waals surface area contributed by atoms with Crippen LogP contribution >= 0.6 is 0 Å². The first kappa shape index (κ1) is 16.4. The number of carbonyl (C=O) groups is 1. The van der Waals surface area contributed by atoms with Gasteiger partial charge in [0.15, 0.2) is 0 Å². The quantitative estimate of drug-likeness (QED) is 0.420. The standard InChI is InChI=1S/C18H12F2N2O3/c19-12-6-8-15(16(20)10-12)17-9-7-14(24-17)11-21-25-18(23)22-13-4-2-1-3-5-13/h1-11H,(H,22,23). The molecule has 25 heavy (non-hydrogen) atoms. The van der Waals surface area contributed by atoms with E-state index in [1.807, 2.05) is 6.07 Å². The molecule has 1 aromatic heterocycles. The van der Waals surface area contributed by atoms with Crippen LogP contribution in [-0.2, 0) is 4.84 Å². The molecule has 0 radical (unpaired) electrons. The average molecular weight is 342 g/mol. The lowest BCUT2D eigenvalue weighted by atomic mass is 10.1. The van der Waals surface area contributed by atoms with Crippen LogP contribution in [0.5, 0.6) is 0 Å². The third-order valence-corrected chi connectivity index (χ3v) is 3.16. The van der Waals surface area contributed by atoms with Crippen LogP contribution in [0, 0.1) is 11.6 Å². The lowest BCUT2D eigenvalue weighted by Crippen LogP contribution is -2.10. The fourth-order valence-corrected chi connectivity index (χ4v) is 2.04. The van der Waals surface area contributed by atoms with Crippen molar-refractivity contribution in [2.45, 2.75) is 0 Å². The molecular weight excluding hydrogens is 330 g/mol. The molecule has 0 aliphatic carbocycles. The van der Waals surface area contributed by atoms with E-state index in [1.54, 1.807) is 24.3 Å². The van der Waals surface area contributed by atoms with Gasteiger partial charge in [-0.3, -0.25) is 10.2 Å². The average Bonchev–Trinajstić information content (AvgIpc) is 3.04. The molecule has 0 fully saturated rings. The number of carbonyl (C=O) groups excluding carboxylic acids is 1. The van der Waals surface area contributed by atoms with Crippen molar-refractivity contribution in [1.29, 1.82) is 0 Å². The predicted molar refractivity (Wildman–Crippen MR) is 88.2 cm³/mol. The molecule has 0 saturated carbocycles. The van der Waals surface area contributed by atoms with Crippen molar-refractivity contribution in [3.63, 3.8) is 0 Å². The minimum absolute atomic E-state index is 0.115. The Morgan fingerprint density at radius 3 is 2.64 bits per heavy atom. The minimum atomic E-state index is -0.765. The number of benzene rings is 2. The van der Waals surface area contributed by atoms with Crippen molar-refractivity contribution in [2.24, 2.45) is 5.16 Å². The van der Waals surface area contributed by atoms with Gasteiger partial charge in [-0.05, 0) is 36.4 Å². The van der Waals surface area contributed by atoms with E-state index >= 15 is 0 Å². The highest BCUT2D eigenvalue weighted by Crippen LogP contribution is 2.25. The van der Waals surface area contributed by atoms with Gasteiger partial charge in [0, 0.05) is 11.8 Å². The van der Waals surface area contributed by atoms with E-state index in [0.717, 1.165) is 18.3 Å². The van der Waals surface area contributed by atoms with E-state index in [1.165, 1.54) is 18.2 Å². The van der Waals surface area contributed by atoms with Crippen LogP contribution in [-0.4, -0.2) is 12.3 Å². The SMILES string of the molecule is O=C(Nc1ccccc1)ON=Cc1ccc(-c2ccc(F)cc2F)o1. The summed E-state index contributed by atoms with van der Waals surface area (Å²) < 4.78 is 32.0. The molecule has 3 rings (SSSR count). The van der Waals surface area contributed by atoms with Crippen LogP contribution in [0.25, 0.3) is 11.3 Å². The highest BCUT2D eigenvalue weighted by Gasteiger charge is 2.10. The number of amides is 1.